The van der Waals surface area contributed by atoms with Crippen molar-refractivity contribution in [3.05, 3.63) is 70.8 Å². The van der Waals surface area contributed by atoms with Crippen molar-refractivity contribution in [3.63, 3.8) is 0 Å². The van der Waals surface area contributed by atoms with Gasteiger partial charge in [-0.05, 0) is 25.0 Å². The van der Waals surface area contributed by atoms with Crippen molar-refractivity contribution >= 4 is 11.9 Å². The molecule has 0 N–H and O–H groups in total. The van der Waals surface area contributed by atoms with E-state index < -0.39 is 24.5 Å². The summed E-state index contributed by atoms with van der Waals surface area (Å²) in [5, 5.41) is 0. The first-order valence-electron chi connectivity index (χ1n) is 9.23. The highest BCUT2D eigenvalue weighted by Gasteiger charge is 2.33. The number of hydrogen-bond acceptors (Lipinski definition) is 6. The van der Waals surface area contributed by atoms with Crippen LogP contribution in [0.3, 0.4) is 0 Å². The van der Waals surface area contributed by atoms with Gasteiger partial charge in [0, 0.05) is 0 Å². The van der Waals surface area contributed by atoms with Gasteiger partial charge in [0.05, 0.1) is 26.1 Å². The molecule has 0 aliphatic carbocycles. The van der Waals surface area contributed by atoms with Gasteiger partial charge in [0.1, 0.15) is 0 Å². The van der Waals surface area contributed by atoms with Crippen LogP contribution >= 0.6 is 0 Å². The average molecular weight is 384 g/mol. The molecule has 28 heavy (non-hydrogen) atoms. The molecular weight excluding hydrogens is 360 g/mol. The quantitative estimate of drug-likeness (QED) is 0.714. The summed E-state index contributed by atoms with van der Waals surface area (Å²) in [5.41, 5.74) is 3.89. The first kappa shape index (κ1) is 20.0. The maximum absolute atomic E-state index is 12.2. The van der Waals surface area contributed by atoms with E-state index in [1.165, 1.54) is 0 Å². The van der Waals surface area contributed by atoms with Gasteiger partial charge in [0.25, 0.3) is 12.6 Å². The van der Waals surface area contributed by atoms with E-state index in [4.69, 9.17) is 18.9 Å². The van der Waals surface area contributed by atoms with Crippen LogP contribution in [0.2, 0.25) is 0 Å². The predicted molar refractivity (Wildman–Crippen MR) is 101 cm³/mol. The molecule has 0 bridgehead atoms. The van der Waals surface area contributed by atoms with Gasteiger partial charge in [-0.3, -0.25) is 9.59 Å². The van der Waals surface area contributed by atoms with Gasteiger partial charge >= 0.3 is 11.9 Å². The molecule has 0 radical (unpaired) electrons. The summed E-state index contributed by atoms with van der Waals surface area (Å²) in [4.78, 5) is 24.4. The summed E-state index contributed by atoms with van der Waals surface area (Å²) in [5.74, 6) is -0.946. The number of carbonyl (C=O) groups excluding carboxylic acids is 2. The molecule has 3 rings (SSSR count). The second-order valence-corrected chi connectivity index (χ2v) is 6.78. The lowest BCUT2D eigenvalue weighted by molar-refractivity contribution is -0.302. The van der Waals surface area contributed by atoms with Crippen LogP contribution in [0.1, 0.15) is 22.3 Å². The van der Waals surface area contributed by atoms with Gasteiger partial charge in [-0.1, -0.05) is 59.7 Å². The van der Waals surface area contributed by atoms with Crippen LogP contribution in [0, 0.1) is 13.8 Å². The van der Waals surface area contributed by atoms with Gasteiger partial charge < -0.3 is 18.9 Å². The van der Waals surface area contributed by atoms with Crippen molar-refractivity contribution in [1.82, 2.24) is 0 Å². The number of hydrogen-bond donors (Lipinski definition) is 0. The lowest BCUT2D eigenvalue weighted by atomic mass is 10.1. The van der Waals surface area contributed by atoms with E-state index in [9.17, 15) is 9.59 Å². The molecule has 6 heteroatoms. The Balaban J connectivity index is 1.54. The van der Waals surface area contributed by atoms with Crippen LogP contribution in [0.4, 0.5) is 0 Å². The Morgan fingerprint density at radius 2 is 1.11 bits per heavy atom. The molecule has 2 aromatic carbocycles. The predicted octanol–water partition coefficient (Wildman–Crippen LogP) is 2.87. The normalized spacial score (nSPS) is 19.1. The molecule has 6 nitrogen and oxygen atoms in total. The maximum atomic E-state index is 12.2. The molecular formula is C22H24O6. The molecule has 1 aliphatic rings. The van der Waals surface area contributed by atoms with Crippen molar-refractivity contribution < 1.29 is 28.5 Å². The first-order chi connectivity index (χ1) is 13.5. The van der Waals surface area contributed by atoms with E-state index in [1.54, 1.807) is 0 Å². The zero-order valence-corrected chi connectivity index (χ0v) is 16.1. The van der Waals surface area contributed by atoms with Crippen LogP contribution in [-0.4, -0.2) is 37.7 Å². The van der Waals surface area contributed by atoms with E-state index in [2.05, 4.69) is 0 Å². The lowest BCUT2D eigenvalue weighted by Gasteiger charge is -2.30. The Hall–Kier alpha value is -2.70. The van der Waals surface area contributed by atoms with Crippen LogP contribution in [-0.2, 0) is 41.4 Å². The Bertz CT molecular complexity index is 727. The SMILES string of the molecule is Cc1ccc(CC(=O)O[C@H]2OCCO[C@H]2OC(=O)Cc2ccc(C)cc2)cc1. The number of aryl methyl sites for hydroxylation is 2. The monoisotopic (exact) mass is 384 g/mol. The Kier molecular flexibility index (Phi) is 6.79. The Labute approximate surface area is 164 Å². The van der Waals surface area contributed by atoms with E-state index in [1.807, 2.05) is 62.4 Å². The summed E-state index contributed by atoms with van der Waals surface area (Å²) < 4.78 is 21.6. The standard InChI is InChI=1S/C22H24O6/c1-15-3-7-17(8-4-15)13-19(23)27-21-22(26-12-11-25-21)28-20(24)14-18-9-5-16(2)6-10-18/h3-10,21-22H,11-14H2,1-2H3/t21-,22+. The van der Waals surface area contributed by atoms with Gasteiger partial charge in [-0.2, -0.15) is 0 Å². The fourth-order valence-electron chi connectivity index (χ4n) is 2.75. The van der Waals surface area contributed by atoms with Gasteiger partial charge in [-0.15, -0.1) is 0 Å². The molecule has 0 unspecified atom stereocenters. The zero-order chi connectivity index (χ0) is 19.9. The third kappa shape index (κ3) is 5.90. The number of carbonyl (C=O) groups is 2. The van der Waals surface area contributed by atoms with Crippen molar-refractivity contribution in [2.45, 2.75) is 39.3 Å². The average Bonchev–Trinajstić information content (AvgIpc) is 2.67. The summed E-state index contributed by atoms with van der Waals surface area (Å²) in [6.45, 7) is 4.47. The van der Waals surface area contributed by atoms with Crippen molar-refractivity contribution in [1.29, 1.82) is 0 Å². The minimum Gasteiger partial charge on any atom is -0.428 e. The number of esters is 2. The van der Waals surface area contributed by atoms with Crippen molar-refractivity contribution in [3.8, 4) is 0 Å². The molecule has 148 valence electrons. The largest absolute Gasteiger partial charge is 0.428 e. The second kappa shape index (κ2) is 9.48. The minimum absolute atomic E-state index is 0.101. The van der Waals surface area contributed by atoms with E-state index in [0.29, 0.717) is 0 Å². The maximum Gasteiger partial charge on any atom is 0.312 e. The molecule has 2 atom stereocenters. The zero-order valence-electron chi connectivity index (χ0n) is 16.1. The van der Waals surface area contributed by atoms with Crippen LogP contribution in [0.15, 0.2) is 48.5 Å². The van der Waals surface area contributed by atoms with Gasteiger partial charge in [-0.25, -0.2) is 0 Å². The molecule has 1 saturated heterocycles. The summed E-state index contributed by atoms with van der Waals surface area (Å²) in [6.07, 6.45) is -1.95. The number of ether oxygens (including phenoxy) is 4. The molecule has 0 saturated carbocycles. The Morgan fingerprint density at radius 3 is 1.46 bits per heavy atom. The van der Waals surface area contributed by atoms with Gasteiger partial charge in [0.2, 0.25) is 0 Å². The fraction of sp³-hybridized carbons (Fsp3) is 0.364. The smallest absolute Gasteiger partial charge is 0.312 e. The highest BCUT2D eigenvalue weighted by Crippen LogP contribution is 2.16. The lowest BCUT2D eigenvalue weighted by Crippen LogP contribution is -2.44. The second-order valence-electron chi connectivity index (χ2n) is 6.78. The molecule has 1 fully saturated rings. The minimum atomic E-state index is -1.08. The molecule has 2 aromatic rings. The molecule has 1 heterocycles. The van der Waals surface area contributed by atoms with Crippen LogP contribution in [0.25, 0.3) is 0 Å². The number of benzene rings is 2. The Morgan fingerprint density at radius 1 is 0.750 bits per heavy atom. The highest BCUT2D eigenvalue weighted by molar-refractivity contribution is 5.73. The summed E-state index contributed by atoms with van der Waals surface area (Å²) >= 11 is 0. The topological polar surface area (TPSA) is 71.1 Å². The highest BCUT2D eigenvalue weighted by atomic mass is 16.8. The molecule has 1 aliphatic heterocycles. The molecule has 0 amide bonds. The number of rotatable bonds is 6. The summed E-state index contributed by atoms with van der Waals surface area (Å²) in [6, 6.07) is 15.2. The van der Waals surface area contributed by atoms with Crippen molar-refractivity contribution in [2.75, 3.05) is 13.2 Å². The fourth-order valence-corrected chi connectivity index (χ4v) is 2.75. The third-order valence-corrected chi connectivity index (χ3v) is 4.30. The molecule has 0 spiro atoms. The first-order valence-corrected chi connectivity index (χ1v) is 9.23. The third-order valence-electron chi connectivity index (χ3n) is 4.30. The van der Waals surface area contributed by atoms with E-state index in [0.717, 1.165) is 22.3 Å². The van der Waals surface area contributed by atoms with E-state index >= 15 is 0 Å². The van der Waals surface area contributed by atoms with Gasteiger partial charge in [0.15, 0.2) is 0 Å². The van der Waals surface area contributed by atoms with Crippen molar-refractivity contribution in [2.24, 2.45) is 0 Å². The summed E-state index contributed by atoms with van der Waals surface area (Å²) in [7, 11) is 0. The van der Waals surface area contributed by atoms with E-state index in [-0.39, 0.29) is 26.1 Å². The van der Waals surface area contributed by atoms with Crippen LogP contribution in [0.5, 0.6) is 0 Å². The van der Waals surface area contributed by atoms with Crippen LogP contribution < -0.4 is 0 Å². The molecule has 0 aromatic heterocycles.